The van der Waals surface area contributed by atoms with E-state index in [1.165, 1.54) is 6.39 Å². The molecule has 1 heterocycles. The monoisotopic (exact) mass is 258 g/mol. The number of benzene rings is 1. The minimum absolute atomic E-state index is 0.191. The molecule has 19 heavy (non-hydrogen) atoms. The standard InChI is InChI=1S/C14H14N2O3/c1-8-13(19-7-15-8)14(18)16-12-10-5-3-2-4-9(10)6-11(12)17/h2-5,7,11-12,17H,6H2,1H3,(H,16,18). The van der Waals surface area contributed by atoms with Crippen molar-refractivity contribution in [3.8, 4) is 0 Å². The summed E-state index contributed by atoms with van der Waals surface area (Å²) >= 11 is 0. The maximum absolute atomic E-state index is 12.1. The Hall–Kier alpha value is -2.14. The van der Waals surface area contributed by atoms with Gasteiger partial charge in [-0.15, -0.1) is 0 Å². The zero-order valence-electron chi connectivity index (χ0n) is 10.5. The lowest BCUT2D eigenvalue weighted by Crippen LogP contribution is -2.34. The fourth-order valence-corrected chi connectivity index (χ4v) is 2.47. The summed E-state index contributed by atoms with van der Waals surface area (Å²) < 4.78 is 5.05. The molecule has 2 unspecified atom stereocenters. The number of aromatic nitrogens is 1. The van der Waals surface area contributed by atoms with E-state index >= 15 is 0 Å². The molecule has 0 bridgehead atoms. The molecule has 2 aromatic rings. The summed E-state index contributed by atoms with van der Waals surface area (Å²) in [4.78, 5) is 16.0. The van der Waals surface area contributed by atoms with Gasteiger partial charge in [-0.3, -0.25) is 4.79 Å². The van der Waals surface area contributed by atoms with Gasteiger partial charge in [-0.1, -0.05) is 24.3 Å². The minimum atomic E-state index is -0.607. The van der Waals surface area contributed by atoms with Crippen LogP contribution in [0.2, 0.25) is 0 Å². The maximum Gasteiger partial charge on any atom is 0.289 e. The van der Waals surface area contributed by atoms with E-state index in [0.29, 0.717) is 12.1 Å². The van der Waals surface area contributed by atoms with E-state index in [2.05, 4.69) is 10.3 Å². The average molecular weight is 258 g/mol. The number of carbonyl (C=O) groups excluding carboxylic acids is 1. The highest BCUT2D eigenvalue weighted by Gasteiger charge is 2.32. The number of oxazole rings is 1. The minimum Gasteiger partial charge on any atom is -0.438 e. The number of nitrogens with zero attached hydrogens (tertiary/aromatic N) is 1. The normalized spacial score (nSPS) is 21.2. The van der Waals surface area contributed by atoms with Crippen LogP contribution in [0.5, 0.6) is 0 Å². The van der Waals surface area contributed by atoms with E-state index in [-0.39, 0.29) is 11.7 Å². The van der Waals surface area contributed by atoms with Crippen LogP contribution in [0.15, 0.2) is 35.1 Å². The van der Waals surface area contributed by atoms with Crippen molar-refractivity contribution < 1.29 is 14.3 Å². The van der Waals surface area contributed by atoms with Gasteiger partial charge in [0.2, 0.25) is 5.76 Å². The fraction of sp³-hybridized carbons (Fsp3) is 0.286. The molecular formula is C14H14N2O3. The third-order valence-electron chi connectivity index (χ3n) is 3.44. The Morgan fingerprint density at radius 2 is 2.26 bits per heavy atom. The van der Waals surface area contributed by atoms with E-state index in [1.807, 2.05) is 24.3 Å². The SMILES string of the molecule is Cc1ncoc1C(=O)NC1c2ccccc2CC1O. The number of nitrogens with one attached hydrogen (secondary N) is 1. The summed E-state index contributed by atoms with van der Waals surface area (Å²) in [5, 5.41) is 12.9. The van der Waals surface area contributed by atoms with Gasteiger partial charge in [0, 0.05) is 6.42 Å². The number of aryl methyl sites for hydroxylation is 1. The molecule has 1 aliphatic carbocycles. The van der Waals surface area contributed by atoms with Gasteiger partial charge in [0.25, 0.3) is 5.91 Å². The molecular weight excluding hydrogens is 244 g/mol. The third kappa shape index (κ3) is 2.02. The van der Waals surface area contributed by atoms with Crippen molar-refractivity contribution in [3.05, 3.63) is 53.2 Å². The fourth-order valence-electron chi connectivity index (χ4n) is 2.47. The average Bonchev–Trinajstić information content (AvgIpc) is 2.94. The summed E-state index contributed by atoms with van der Waals surface area (Å²) in [6.45, 7) is 1.71. The molecule has 0 saturated heterocycles. The molecule has 2 N–H and O–H groups in total. The number of aliphatic hydroxyl groups excluding tert-OH is 1. The molecule has 0 saturated carbocycles. The van der Waals surface area contributed by atoms with Crippen LogP contribution in [0, 0.1) is 6.92 Å². The third-order valence-corrected chi connectivity index (χ3v) is 3.44. The van der Waals surface area contributed by atoms with Gasteiger partial charge in [-0.25, -0.2) is 4.98 Å². The summed E-state index contributed by atoms with van der Waals surface area (Å²) in [6, 6.07) is 7.31. The number of fused-ring (bicyclic) bond motifs is 1. The van der Waals surface area contributed by atoms with Crippen molar-refractivity contribution in [1.82, 2.24) is 10.3 Å². The summed E-state index contributed by atoms with van der Waals surface area (Å²) in [6.07, 6.45) is 1.18. The van der Waals surface area contributed by atoms with Gasteiger partial charge in [-0.2, -0.15) is 0 Å². The number of rotatable bonds is 2. The number of amides is 1. The smallest absolute Gasteiger partial charge is 0.289 e. The molecule has 1 aliphatic rings. The Labute approximate surface area is 110 Å². The second-order valence-electron chi connectivity index (χ2n) is 4.69. The Kier molecular flexibility index (Phi) is 2.83. The molecule has 0 aliphatic heterocycles. The molecule has 98 valence electrons. The van der Waals surface area contributed by atoms with E-state index in [1.54, 1.807) is 6.92 Å². The van der Waals surface area contributed by atoms with Crippen molar-refractivity contribution in [2.45, 2.75) is 25.5 Å². The van der Waals surface area contributed by atoms with Crippen LogP contribution in [0.25, 0.3) is 0 Å². The van der Waals surface area contributed by atoms with Crippen molar-refractivity contribution in [2.24, 2.45) is 0 Å². The molecule has 0 spiro atoms. The highest BCUT2D eigenvalue weighted by atomic mass is 16.3. The van der Waals surface area contributed by atoms with E-state index in [0.717, 1.165) is 11.1 Å². The van der Waals surface area contributed by atoms with Gasteiger partial charge < -0.3 is 14.8 Å². The van der Waals surface area contributed by atoms with Crippen molar-refractivity contribution in [1.29, 1.82) is 0 Å². The molecule has 5 heteroatoms. The Morgan fingerprint density at radius 3 is 3.00 bits per heavy atom. The largest absolute Gasteiger partial charge is 0.438 e. The van der Waals surface area contributed by atoms with Crippen molar-refractivity contribution in [3.63, 3.8) is 0 Å². The lowest BCUT2D eigenvalue weighted by atomic mass is 10.1. The van der Waals surface area contributed by atoms with Crippen LogP contribution < -0.4 is 5.32 Å². The van der Waals surface area contributed by atoms with Crippen LogP contribution in [0.1, 0.15) is 33.4 Å². The van der Waals surface area contributed by atoms with E-state index in [4.69, 9.17) is 4.42 Å². The summed E-state index contributed by atoms with van der Waals surface area (Å²) in [5.41, 5.74) is 2.56. The van der Waals surface area contributed by atoms with Crippen LogP contribution in [-0.4, -0.2) is 22.1 Å². The predicted molar refractivity (Wildman–Crippen MR) is 67.6 cm³/mol. The Morgan fingerprint density at radius 1 is 1.47 bits per heavy atom. The summed E-state index contributed by atoms with van der Waals surface area (Å²) in [5.74, 6) is -0.160. The van der Waals surface area contributed by atoms with Gasteiger partial charge in [0.1, 0.15) is 0 Å². The predicted octanol–water partition coefficient (Wildman–Crippen LogP) is 1.37. The van der Waals surface area contributed by atoms with E-state index in [9.17, 15) is 9.90 Å². The van der Waals surface area contributed by atoms with Gasteiger partial charge in [-0.05, 0) is 18.1 Å². The molecule has 0 radical (unpaired) electrons. The van der Waals surface area contributed by atoms with Crippen LogP contribution in [-0.2, 0) is 6.42 Å². The molecule has 2 atom stereocenters. The Balaban J connectivity index is 1.84. The number of hydrogen-bond acceptors (Lipinski definition) is 4. The first-order valence-corrected chi connectivity index (χ1v) is 6.13. The zero-order chi connectivity index (χ0) is 13.4. The molecule has 1 aromatic carbocycles. The maximum atomic E-state index is 12.1. The Bertz CT molecular complexity index is 621. The first kappa shape index (κ1) is 11.9. The molecule has 5 nitrogen and oxygen atoms in total. The lowest BCUT2D eigenvalue weighted by molar-refractivity contribution is 0.0831. The number of carbonyl (C=O) groups is 1. The summed E-state index contributed by atoms with van der Waals surface area (Å²) in [7, 11) is 0. The molecule has 1 aromatic heterocycles. The van der Waals surface area contributed by atoms with Crippen LogP contribution in [0.3, 0.4) is 0 Å². The molecule has 1 amide bonds. The van der Waals surface area contributed by atoms with Gasteiger partial charge >= 0.3 is 0 Å². The van der Waals surface area contributed by atoms with Gasteiger partial charge in [0.05, 0.1) is 17.8 Å². The second-order valence-corrected chi connectivity index (χ2v) is 4.69. The molecule has 3 rings (SSSR count). The highest BCUT2D eigenvalue weighted by Crippen LogP contribution is 2.31. The molecule has 0 fully saturated rings. The highest BCUT2D eigenvalue weighted by molar-refractivity contribution is 5.92. The van der Waals surface area contributed by atoms with Crippen LogP contribution in [0.4, 0.5) is 0 Å². The lowest BCUT2D eigenvalue weighted by Gasteiger charge is -2.17. The second kappa shape index (κ2) is 4.51. The first-order chi connectivity index (χ1) is 9.16. The topological polar surface area (TPSA) is 75.4 Å². The van der Waals surface area contributed by atoms with Crippen LogP contribution >= 0.6 is 0 Å². The zero-order valence-corrected chi connectivity index (χ0v) is 10.5. The quantitative estimate of drug-likeness (QED) is 0.853. The first-order valence-electron chi connectivity index (χ1n) is 6.13. The van der Waals surface area contributed by atoms with Crippen molar-refractivity contribution in [2.75, 3.05) is 0 Å². The van der Waals surface area contributed by atoms with E-state index < -0.39 is 12.1 Å². The van der Waals surface area contributed by atoms with Gasteiger partial charge in [0.15, 0.2) is 6.39 Å². The van der Waals surface area contributed by atoms with Crippen molar-refractivity contribution >= 4 is 5.91 Å². The number of aliphatic hydroxyl groups is 1. The number of hydrogen-bond donors (Lipinski definition) is 2.